The fourth-order valence-corrected chi connectivity index (χ4v) is 2.53. The molecule has 0 unspecified atom stereocenters. The van der Waals surface area contributed by atoms with Crippen LogP contribution >= 0.6 is 22.9 Å². The van der Waals surface area contributed by atoms with Crippen LogP contribution in [0.1, 0.15) is 16.3 Å². The van der Waals surface area contributed by atoms with Crippen molar-refractivity contribution < 1.29 is 9.53 Å². The summed E-state index contributed by atoms with van der Waals surface area (Å²) in [5.74, 6) is -0.274. The van der Waals surface area contributed by atoms with Crippen LogP contribution in [0.3, 0.4) is 0 Å². The molecule has 1 aromatic carbocycles. The molecule has 100 valence electrons. The van der Waals surface area contributed by atoms with Gasteiger partial charge < -0.3 is 4.74 Å². The summed E-state index contributed by atoms with van der Waals surface area (Å²) in [7, 11) is 0. The Morgan fingerprint density at radius 2 is 2.15 bits per heavy atom. The summed E-state index contributed by atoms with van der Waals surface area (Å²) in [4.78, 5) is 20.3. The highest BCUT2D eigenvalue weighted by atomic mass is 35.5. The predicted octanol–water partition coefficient (Wildman–Crippen LogP) is 3.45. The summed E-state index contributed by atoms with van der Waals surface area (Å²) in [5.41, 5.74) is 1.52. The number of hydrogen-bond donors (Lipinski definition) is 0. The predicted molar refractivity (Wildman–Crippen MR) is 78.9 cm³/mol. The van der Waals surface area contributed by atoms with E-state index in [2.05, 4.69) is 9.98 Å². The number of aromatic nitrogens is 1. The van der Waals surface area contributed by atoms with Crippen LogP contribution in [-0.2, 0) is 9.53 Å². The number of esters is 1. The molecule has 4 nitrogen and oxygen atoms in total. The smallest absolute Gasteiger partial charge is 0.363 e. The second kappa shape index (κ2) is 5.19. The quantitative estimate of drug-likeness (QED) is 0.631. The van der Waals surface area contributed by atoms with E-state index >= 15 is 0 Å². The molecule has 3 rings (SSSR count). The first-order valence-electron chi connectivity index (χ1n) is 5.83. The van der Waals surface area contributed by atoms with Crippen molar-refractivity contribution in [1.82, 2.24) is 4.98 Å². The number of halogens is 1. The topological polar surface area (TPSA) is 51.6 Å². The standard InChI is InChI=1S/C14H9ClN2O2S/c1-8-16-9(7-20-8)6-12-14(18)19-13(17-12)10-4-2-3-5-11(10)15/h2-7H,1H3/b12-6-. The fourth-order valence-electron chi connectivity index (χ4n) is 1.75. The summed E-state index contributed by atoms with van der Waals surface area (Å²) in [5, 5.41) is 3.28. The van der Waals surface area contributed by atoms with E-state index in [0.29, 0.717) is 16.3 Å². The molecule has 2 heterocycles. The first-order chi connectivity index (χ1) is 9.63. The van der Waals surface area contributed by atoms with E-state index in [1.165, 1.54) is 11.3 Å². The number of nitrogens with zero attached hydrogens (tertiary/aromatic N) is 2. The molecule has 0 spiro atoms. The molecule has 0 N–H and O–H groups in total. The lowest BCUT2D eigenvalue weighted by molar-refractivity contribution is -0.129. The van der Waals surface area contributed by atoms with Gasteiger partial charge >= 0.3 is 5.97 Å². The molecule has 0 bridgehead atoms. The van der Waals surface area contributed by atoms with Gasteiger partial charge in [-0.2, -0.15) is 0 Å². The summed E-state index contributed by atoms with van der Waals surface area (Å²) >= 11 is 7.57. The maximum Gasteiger partial charge on any atom is 0.363 e. The number of benzene rings is 1. The van der Waals surface area contributed by atoms with Crippen molar-refractivity contribution >= 4 is 40.9 Å². The molecular formula is C14H9ClN2O2S. The first-order valence-corrected chi connectivity index (χ1v) is 7.09. The highest BCUT2D eigenvalue weighted by Gasteiger charge is 2.25. The van der Waals surface area contributed by atoms with Crippen LogP contribution in [-0.4, -0.2) is 16.9 Å². The highest BCUT2D eigenvalue weighted by Crippen LogP contribution is 2.23. The van der Waals surface area contributed by atoms with Crippen molar-refractivity contribution in [3.05, 3.63) is 56.6 Å². The van der Waals surface area contributed by atoms with Crippen LogP contribution in [0, 0.1) is 6.92 Å². The monoisotopic (exact) mass is 304 g/mol. The summed E-state index contributed by atoms with van der Waals surface area (Å²) in [6, 6.07) is 7.09. The lowest BCUT2D eigenvalue weighted by atomic mass is 10.2. The number of aryl methyl sites for hydroxylation is 1. The average Bonchev–Trinajstić information content (AvgIpc) is 2.98. The minimum Gasteiger partial charge on any atom is -0.402 e. The van der Waals surface area contributed by atoms with Gasteiger partial charge in [0, 0.05) is 5.38 Å². The van der Waals surface area contributed by atoms with Crippen molar-refractivity contribution in [2.75, 3.05) is 0 Å². The minimum atomic E-state index is -0.495. The first kappa shape index (κ1) is 13.0. The maximum absolute atomic E-state index is 11.8. The number of rotatable bonds is 2. The lowest BCUT2D eigenvalue weighted by Crippen LogP contribution is -2.05. The molecule has 0 saturated carbocycles. The summed E-state index contributed by atoms with van der Waals surface area (Å²) in [6.45, 7) is 1.90. The van der Waals surface area contributed by atoms with Gasteiger partial charge in [0.1, 0.15) is 0 Å². The van der Waals surface area contributed by atoms with Gasteiger partial charge in [0.2, 0.25) is 5.90 Å². The molecule has 0 fully saturated rings. The Kier molecular flexibility index (Phi) is 3.38. The normalized spacial score (nSPS) is 16.4. The van der Waals surface area contributed by atoms with Crippen LogP contribution in [0.15, 0.2) is 40.3 Å². The van der Waals surface area contributed by atoms with E-state index in [9.17, 15) is 4.79 Å². The number of carbonyl (C=O) groups is 1. The van der Waals surface area contributed by atoms with Crippen molar-refractivity contribution in [3.8, 4) is 0 Å². The number of carbonyl (C=O) groups excluding carboxylic acids is 1. The Labute approximate surface area is 124 Å². The van der Waals surface area contributed by atoms with Crippen molar-refractivity contribution in [1.29, 1.82) is 0 Å². The van der Waals surface area contributed by atoms with Gasteiger partial charge in [-0.25, -0.2) is 14.8 Å². The van der Waals surface area contributed by atoms with E-state index in [4.69, 9.17) is 16.3 Å². The summed E-state index contributed by atoms with van der Waals surface area (Å²) in [6.07, 6.45) is 1.61. The van der Waals surface area contributed by atoms with Crippen LogP contribution in [0.2, 0.25) is 5.02 Å². The lowest BCUT2D eigenvalue weighted by Gasteiger charge is -2.00. The minimum absolute atomic E-state index is 0.221. The van der Waals surface area contributed by atoms with Crippen molar-refractivity contribution in [2.45, 2.75) is 6.92 Å². The third kappa shape index (κ3) is 2.50. The Morgan fingerprint density at radius 3 is 2.85 bits per heavy atom. The van der Waals surface area contributed by atoms with Crippen LogP contribution in [0.25, 0.3) is 6.08 Å². The van der Waals surface area contributed by atoms with Crippen LogP contribution in [0.5, 0.6) is 0 Å². The molecule has 0 radical (unpaired) electrons. The van der Waals surface area contributed by atoms with Gasteiger partial charge in [-0.1, -0.05) is 23.7 Å². The Bertz CT molecular complexity index is 749. The van der Waals surface area contributed by atoms with Crippen LogP contribution < -0.4 is 0 Å². The van der Waals surface area contributed by atoms with E-state index in [-0.39, 0.29) is 11.6 Å². The zero-order chi connectivity index (χ0) is 14.1. The zero-order valence-corrected chi connectivity index (χ0v) is 12.0. The molecule has 1 aliphatic heterocycles. The number of cyclic esters (lactones) is 1. The van der Waals surface area contributed by atoms with E-state index in [1.54, 1.807) is 24.3 Å². The average molecular weight is 305 g/mol. The van der Waals surface area contributed by atoms with E-state index in [1.807, 2.05) is 18.4 Å². The van der Waals surface area contributed by atoms with Crippen LogP contribution in [0.4, 0.5) is 0 Å². The Balaban J connectivity index is 1.97. The SMILES string of the molecule is Cc1nc(/C=C2\N=C(c3ccccc3Cl)OC2=O)cs1. The molecule has 2 aromatic rings. The van der Waals surface area contributed by atoms with Crippen molar-refractivity contribution in [2.24, 2.45) is 4.99 Å². The van der Waals surface area contributed by atoms with Gasteiger partial charge in [0.15, 0.2) is 5.70 Å². The molecule has 1 aromatic heterocycles. The highest BCUT2D eigenvalue weighted by molar-refractivity contribution is 7.09. The molecule has 20 heavy (non-hydrogen) atoms. The molecule has 0 atom stereocenters. The molecule has 0 saturated heterocycles. The third-order valence-corrected chi connectivity index (χ3v) is 3.77. The molecule has 0 amide bonds. The van der Waals surface area contributed by atoms with Gasteiger partial charge in [-0.3, -0.25) is 0 Å². The van der Waals surface area contributed by atoms with Gasteiger partial charge in [0.25, 0.3) is 0 Å². The van der Waals surface area contributed by atoms with Crippen molar-refractivity contribution in [3.63, 3.8) is 0 Å². The number of aliphatic imine (C=N–C) groups is 1. The van der Waals surface area contributed by atoms with Gasteiger partial charge in [-0.15, -0.1) is 11.3 Å². The largest absolute Gasteiger partial charge is 0.402 e. The molecule has 6 heteroatoms. The molecule has 1 aliphatic rings. The second-order valence-corrected chi connectivity index (χ2v) is 5.58. The number of thiazole rings is 1. The number of hydrogen-bond acceptors (Lipinski definition) is 5. The van der Waals surface area contributed by atoms with Gasteiger partial charge in [-0.05, 0) is 25.1 Å². The fraction of sp³-hybridized carbons (Fsp3) is 0.0714. The van der Waals surface area contributed by atoms with E-state index < -0.39 is 5.97 Å². The van der Waals surface area contributed by atoms with E-state index in [0.717, 1.165) is 5.01 Å². The Morgan fingerprint density at radius 1 is 1.35 bits per heavy atom. The molecular weight excluding hydrogens is 296 g/mol. The number of ether oxygens (including phenoxy) is 1. The van der Waals surface area contributed by atoms with Gasteiger partial charge in [0.05, 0.1) is 21.3 Å². The third-order valence-electron chi connectivity index (χ3n) is 2.65. The Hall–Kier alpha value is -1.98. The summed E-state index contributed by atoms with van der Waals surface area (Å²) < 4.78 is 5.15. The zero-order valence-electron chi connectivity index (χ0n) is 10.5. The second-order valence-electron chi connectivity index (χ2n) is 4.11. The maximum atomic E-state index is 11.8. The molecule has 0 aliphatic carbocycles.